The highest BCUT2D eigenvalue weighted by Crippen LogP contribution is 2.30. The lowest BCUT2D eigenvalue weighted by Crippen LogP contribution is -2.30. The van der Waals surface area contributed by atoms with Gasteiger partial charge in [-0.3, -0.25) is 9.59 Å². The number of carbonyl (C=O) groups is 2. The Morgan fingerprint density at radius 1 is 1.23 bits per heavy atom. The molecule has 0 spiro atoms. The van der Waals surface area contributed by atoms with Gasteiger partial charge < -0.3 is 10.4 Å². The highest BCUT2D eigenvalue weighted by atomic mass is 32.2. The third kappa shape index (κ3) is 4.07. The molecule has 0 aromatic heterocycles. The molecule has 1 aliphatic rings. The number of carbonyl (C=O) groups excluding carboxylic acids is 1. The van der Waals surface area contributed by atoms with Gasteiger partial charge in [0.1, 0.15) is 0 Å². The van der Waals surface area contributed by atoms with Crippen molar-refractivity contribution < 1.29 is 23.1 Å². The van der Waals surface area contributed by atoms with Gasteiger partial charge >= 0.3 is 5.97 Å². The van der Waals surface area contributed by atoms with E-state index < -0.39 is 21.7 Å². The van der Waals surface area contributed by atoms with Crippen LogP contribution < -0.4 is 5.32 Å². The second kappa shape index (κ2) is 6.48. The molecular weight excluding hydrogens is 306 g/mol. The Hall–Kier alpha value is -1.89. The fraction of sp³-hybridized carbons (Fsp3) is 0.467. The molecule has 0 bridgehead atoms. The monoisotopic (exact) mass is 325 g/mol. The molecule has 1 aromatic carbocycles. The van der Waals surface area contributed by atoms with Gasteiger partial charge in [0, 0.05) is 17.9 Å². The summed E-state index contributed by atoms with van der Waals surface area (Å²) < 4.78 is 23.0. The van der Waals surface area contributed by atoms with Gasteiger partial charge in [0.05, 0.1) is 10.8 Å². The summed E-state index contributed by atoms with van der Waals surface area (Å²) in [6.07, 6.45) is 3.39. The molecule has 2 unspecified atom stereocenters. The van der Waals surface area contributed by atoms with Crippen LogP contribution in [0.4, 0.5) is 5.69 Å². The molecule has 1 fully saturated rings. The molecule has 1 aliphatic carbocycles. The van der Waals surface area contributed by atoms with E-state index in [0.29, 0.717) is 31.4 Å². The number of carboxylic acid groups (broad SMARTS) is 1. The molecule has 0 saturated heterocycles. The van der Waals surface area contributed by atoms with E-state index >= 15 is 0 Å². The normalized spacial score (nSPS) is 22.0. The predicted octanol–water partition coefficient (Wildman–Crippen LogP) is 1.92. The van der Waals surface area contributed by atoms with Crippen molar-refractivity contribution in [2.24, 2.45) is 11.8 Å². The smallest absolute Gasteiger partial charge is 0.306 e. The minimum absolute atomic E-state index is 0.136. The van der Waals surface area contributed by atoms with E-state index in [-0.39, 0.29) is 16.7 Å². The van der Waals surface area contributed by atoms with Crippen LogP contribution in [0.1, 0.15) is 25.7 Å². The highest BCUT2D eigenvalue weighted by Gasteiger charge is 2.31. The second-order valence-corrected chi connectivity index (χ2v) is 7.70. The van der Waals surface area contributed by atoms with Crippen LogP contribution in [0.25, 0.3) is 0 Å². The molecule has 1 saturated carbocycles. The molecule has 0 radical (unpaired) electrons. The Morgan fingerprint density at radius 2 is 1.91 bits per heavy atom. The molecule has 6 nitrogen and oxygen atoms in total. The first-order chi connectivity index (χ1) is 10.3. The van der Waals surface area contributed by atoms with E-state index in [2.05, 4.69) is 5.32 Å². The van der Waals surface area contributed by atoms with E-state index in [1.807, 2.05) is 0 Å². The Bertz CT molecular complexity index is 683. The number of aliphatic carboxylic acids is 1. The number of hydrogen-bond acceptors (Lipinski definition) is 4. The maximum absolute atomic E-state index is 12.2. The first-order valence-electron chi connectivity index (χ1n) is 7.11. The molecule has 1 amide bonds. The van der Waals surface area contributed by atoms with Crippen molar-refractivity contribution in [1.82, 2.24) is 0 Å². The topological polar surface area (TPSA) is 101 Å². The summed E-state index contributed by atoms with van der Waals surface area (Å²) in [5.74, 6) is -1.95. The van der Waals surface area contributed by atoms with Crippen LogP contribution in [0.15, 0.2) is 29.2 Å². The number of hydrogen-bond donors (Lipinski definition) is 2. The zero-order valence-electron chi connectivity index (χ0n) is 12.3. The third-order valence-corrected chi connectivity index (χ3v) is 5.03. The average Bonchev–Trinajstić information content (AvgIpc) is 2.46. The van der Waals surface area contributed by atoms with Crippen LogP contribution in [0.3, 0.4) is 0 Å². The molecule has 0 heterocycles. The summed E-state index contributed by atoms with van der Waals surface area (Å²) in [5, 5.41) is 11.7. The van der Waals surface area contributed by atoms with Crippen molar-refractivity contribution in [3.63, 3.8) is 0 Å². The Labute approximate surface area is 129 Å². The van der Waals surface area contributed by atoms with E-state index in [9.17, 15) is 18.0 Å². The number of amides is 1. The fourth-order valence-electron chi connectivity index (χ4n) is 2.70. The minimum atomic E-state index is -3.34. The summed E-state index contributed by atoms with van der Waals surface area (Å²) in [7, 11) is -3.34. The highest BCUT2D eigenvalue weighted by molar-refractivity contribution is 7.90. The Morgan fingerprint density at radius 3 is 2.55 bits per heavy atom. The van der Waals surface area contributed by atoms with Gasteiger partial charge in [0.15, 0.2) is 9.84 Å². The number of sulfone groups is 1. The molecule has 22 heavy (non-hydrogen) atoms. The first kappa shape index (κ1) is 16.5. The Kier molecular flexibility index (Phi) is 4.85. The van der Waals surface area contributed by atoms with Crippen molar-refractivity contribution in [3.8, 4) is 0 Å². The summed E-state index contributed by atoms with van der Waals surface area (Å²) in [6.45, 7) is 0. The molecule has 1 aromatic rings. The molecule has 120 valence electrons. The molecular formula is C15H19NO5S. The summed E-state index contributed by atoms with van der Waals surface area (Å²) in [6, 6.07) is 6.05. The Balaban J connectivity index is 2.07. The number of anilines is 1. The molecule has 7 heteroatoms. The van der Waals surface area contributed by atoms with Crippen molar-refractivity contribution in [3.05, 3.63) is 24.3 Å². The van der Waals surface area contributed by atoms with E-state index in [4.69, 9.17) is 5.11 Å². The second-order valence-electron chi connectivity index (χ2n) is 5.69. The largest absolute Gasteiger partial charge is 0.481 e. The van der Waals surface area contributed by atoms with Gasteiger partial charge in [0.25, 0.3) is 0 Å². The van der Waals surface area contributed by atoms with Crippen LogP contribution >= 0.6 is 0 Å². The molecule has 2 atom stereocenters. The average molecular weight is 325 g/mol. The quantitative estimate of drug-likeness (QED) is 0.881. The lowest BCUT2D eigenvalue weighted by atomic mass is 9.81. The predicted molar refractivity (Wildman–Crippen MR) is 81.3 cm³/mol. The number of benzene rings is 1. The first-order valence-corrected chi connectivity index (χ1v) is 9.00. The number of nitrogens with one attached hydrogen (secondary N) is 1. The number of rotatable bonds is 4. The summed E-state index contributed by atoms with van der Waals surface area (Å²) >= 11 is 0. The lowest BCUT2D eigenvalue weighted by molar-refractivity contribution is -0.143. The molecule has 0 aliphatic heterocycles. The summed E-state index contributed by atoms with van der Waals surface area (Å²) in [5.41, 5.74) is 0.408. The van der Waals surface area contributed by atoms with Gasteiger partial charge in [-0.2, -0.15) is 0 Å². The van der Waals surface area contributed by atoms with Crippen LogP contribution in [0.5, 0.6) is 0 Å². The maximum Gasteiger partial charge on any atom is 0.306 e. The van der Waals surface area contributed by atoms with Gasteiger partial charge in [-0.25, -0.2) is 8.42 Å². The zero-order valence-corrected chi connectivity index (χ0v) is 13.1. The van der Waals surface area contributed by atoms with Crippen LogP contribution in [0, 0.1) is 11.8 Å². The van der Waals surface area contributed by atoms with Crippen molar-refractivity contribution >= 4 is 27.4 Å². The van der Waals surface area contributed by atoms with E-state index in [0.717, 1.165) is 6.26 Å². The van der Waals surface area contributed by atoms with Gasteiger partial charge in [-0.05, 0) is 37.5 Å². The summed E-state index contributed by atoms with van der Waals surface area (Å²) in [4.78, 5) is 23.4. The van der Waals surface area contributed by atoms with Crippen LogP contribution in [-0.2, 0) is 19.4 Å². The standard InChI is InChI=1S/C15H19NO5S/c1-22(20,21)13-7-3-6-12(9-13)16-14(17)10-4-2-5-11(8-10)15(18)19/h3,6-7,9-11H,2,4-5,8H2,1H3,(H,16,17)(H,18,19). The fourth-order valence-corrected chi connectivity index (χ4v) is 3.37. The third-order valence-electron chi connectivity index (χ3n) is 3.92. The van der Waals surface area contributed by atoms with Crippen molar-refractivity contribution in [1.29, 1.82) is 0 Å². The van der Waals surface area contributed by atoms with E-state index in [1.165, 1.54) is 12.1 Å². The number of carboxylic acids is 1. The minimum Gasteiger partial charge on any atom is -0.481 e. The van der Waals surface area contributed by atoms with Crippen molar-refractivity contribution in [2.45, 2.75) is 30.6 Å². The lowest BCUT2D eigenvalue weighted by Gasteiger charge is -2.25. The molecule has 2 N–H and O–H groups in total. The van der Waals surface area contributed by atoms with Gasteiger partial charge in [-0.15, -0.1) is 0 Å². The zero-order chi connectivity index (χ0) is 16.3. The van der Waals surface area contributed by atoms with Crippen molar-refractivity contribution in [2.75, 3.05) is 11.6 Å². The van der Waals surface area contributed by atoms with E-state index in [1.54, 1.807) is 12.1 Å². The molecule has 2 rings (SSSR count). The maximum atomic E-state index is 12.2. The van der Waals surface area contributed by atoms with Crippen LogP contribution in [-0.4, -0.2) is 31.7 Å². The SMILES string of the molecule is CS(=O)(=O)c1cccc(NC(=O)C2CCCC(C(=O)O)C2)c1. The van der Waals surface area contributed by atoms with Gasteiger partial charge in [0.2, 0.25) is 5.91 Å². The van der Waals surface area contributed by atoms with Crippen LogP contribution in [0.2, 0.25) is 0 Å². The van der Waals surface area contributed by atoms with Gasteiger partial charge in [-0.1, -0.05) is 12.5 Å².